The molecule has 51 heavy (non-hydrogen) atoms. The van der Waals surface area contributed by atoms with E-state index in [4.69, 9.17) is 9.47 Å². The lowest BCUT2D eigenvalue weighted by Crippen LogP contribution is -2.35. The molecule has 0 spiro atoms. The van der Waals surface area contributed by atoms with E-state index < -0.39 is 24.4 Å². The number of carboxylic acids is 1. The summed E-state index contributed by atoms with van der Waals surface area (Å²) in [6, 6.07) is 27.7. The molecule has 4 rings (SSSR count). The van der Waals surface area contributed by atoms with Gasteiger partial charge in [-0.05, 0) is 89.2 Å². The molecule has 0 aliphatic carbocycles. The van der Waals surface area contributed by atoms with Crippen LogP contribution in [0.2, 0.25) is 0 Å². The number of benzene rings is 4. The lowest BCUT2D eigenvalue weighted by molar-refractivity contribution is -0.137. The van der Waals surface area contributed by atoms with Crippen LogP contribution < -0.4 is 14.8 Å². The molecule has 0 fully saturated rings. The Hall–Kier alpha value is -5.44. The van der Waals surface area contributed by atoms with Crippen LogP contribution in [0.15, 0.2) is 97.1 Å². The third-order valence-electron chi connectivity index (χ3n) is 8.33. The average Bonchev–Trinajstić information content (AvgIpc) is 3.10. The number of nitrogens with zero attached hydrogens (tertiary/aromatic N) is 1. The van der Waals surface area contributed by atoms with Gasteiger partial charge in [-0.1, -0.05) is 89.8 Å². The van der Waals surface area contributed by atoms with Crippen molar-refractivity contribution in [3.8, 4) is 11.5 Å². The molecule has 0 aromatic heterocycles. The number of esters is 1. The molecule has 0 saturated carbocycles. The fraction of sp³-hybridized carbons (Fsp3) is 0.333. The molecule has 0 aliphatic heterocycles. The van der Waals surface area contributed by atoms with Gasteiger partial charge < -0.3 is 24.8 Å². The van der Waals surface area contributed by atoms with Gasteiger partial charge in [-0.25, -0.2) is 4.79 Å². The summed E-state index contributed by atoms with van der Waals surface area (Å²) in [5, 5.41) is 12.4. The first-order valence-electron chi connectivity index (χ1n) is 17.5. The van der Waals surface area contributed by atoms with Gasteiger partial charge in [0, 0.05) is 17.8 Å². The molecule has 0 heterocycles. The molecule has 0 unspecified atom stereocenters. The number of carbonyl (C=O) groups excluding carboxylic acids is 3. The molecule has 0 bridgehead atoms. The van der Waals surface area contributed by atoms with Crippen molar-refractivity contribution in [1.29, 1.82) is 0 Å². The Labute approximate surface area is 300 Å². The predicted octanol–water partition coefficient (Wildman–Crippen LogP) is 8.46. The number of unbranched alkanes of at least 4 members (excludes halogenated alkanes) is 4. The number of anilines is 1. The molecule has 9 nitrogen and oxygen atoms in total. The predicted molar refractivity (Wildman–Crippen MR) is 198 cm³/mol. The number of nitrogens with one attached hydrogen (secondary N) is 1. The molecule has 268 valence electrons. The highest BCUT2D eigenvalue weighted by Crippen LogP contribution is 2.23. The zero-order valence-corrected chi connectivity index (χ0v) is 29.9. The second-order valence-electron chi connectivity index (χ2n) is 13.6. The van der Waals surface area contributed by atoms with Crippen molar-refractivity contribution in [2.24, 2.45) is 0 Å². The second-order valence-corrected chi connectivity index (χ2v) is 13.6. The van der Waals surface area contributed by atoms with E-state index >= 15 is 0 Å². The zero-order valence-electron chi connectivity index (χ0n) is 29.9. The normalized spacial score (nSPS) is 11.1. The molecular weight excluding hydrogens is 644 g/mol. The number of hydrogen-bond acceptors (Lipinski definition) is 6. The summed E-state index contributed by atoms with van der Waals surface area (Å²) < 4.78 is 11.3. The van der Waals surface area contributed by atoms with E-state index in [0.717, 1.165) is 18.4 Å². The van der Waals surface area contributed by atoms with E-state index in [1.54, 1.807) is 72.8 Å². The Balaban J connectivity index is 1.29. The van der Waals surface area contributed by atoms with Crippen LogP contribution >= 0.6 is 0 Å². The first kappa shape index (κ1) is 38.4. The molecule has 0 aliphatic rings. The Morgan fingerprint density at radius 1 is 0.706 bits per heavy atom. The number of ether oxygens (including phenoxy) is 2. The highest BCUT2D eigenvalue weighted by molar-refractivity contribution is 5.97. The van der Waals surface area contributed by atoms with E-state index in [2.05, 4.69) is 33.0 Å². The van der Waals surface area contributed by atoms with Gasteiger partial charge in [-0.15, -0.1) is 0 Å². The standard InChI is InChI=1S/C42H48N2O7/c1-5-6-7-8-9-26-50-36-24-16-33(17-25-36)41(49)51-37-22-12-31(13-23-37)28-44(29-39(46)47)40(48)32-14-20-35(21-15-32)43-38(45)27-30-10-18-34(19-11-30)42(2,3)4/h10-25H,5-9,26-29H2,1-4H3,(H,43,45)(H,46,47). The van der Waals surface area contributed by atoms with E-state index in [1.165, 1.54) is 29.7 Å². The van der Waals surface area contributed by atoms with Crippen molar-refractivity contribution in [2.75, 3.05) is 18.5 Å². The molecule has 2 N–H and O–H groups in total. The van der Waals surface area contributed by atoms with Crippen molar-refractivity contribution < 1.29 is 33.8 Å². The third-order valence-corrected chi connectivity index (χ3v) is 8.33. The maximum Gasteiger partial charge on any atom is 0.343 e. The van der Waals surface area contributed by atoms with E-state index in [9.17, 15) is 24.3 Å². The van der Waals surface area contributed by atoms with Gasteiger partial charge in [0.05, 0.1) is 18.6 Å². The zero-order chi connectivity index (χ0) is 36.8. The van der Waals surface area contributed by atoms with Crippen molar-refractivity contribution in [2.45, 2.75) is 78.2 Å². The molecular formula is C42H48N2O7. The highest BCUT2D eigenvalue weighted by atomic mass is 16.5. The van der Waals surface area contributed by atoms with Crippen LogP contribution in [0, 0.1) is 0 Å². The fourth-order valence-corrected chi connectivity index (χ4v) is 5.39. The second kappa shape index (κ2) is 18.5. The number of rotatable bonds is 17. The van der Waals surface area contributed by atoms with Crippen LogP contribution in [-0.2, 0) is 28.0 Å². The van der Waals surface area contributed by atoms with Crippen molar-refractivity contribution in [1.82, 2.24) is 4.90 Å². The molecule has 0 atom stereocenters. The number of carbonyl (C=O) groups is 4. The van der Waals surface area contributed by atoms with Crippen LogP contribution in [0.1, 0.15) is 97.2 Å². The largest absolute Gasteiger partial charge is 0.494 e. The van der Waals surface area contributed by atoms with Crippen molar-refractivity contribution in [3.05, 3.63) is 125 Å². The first-order valence-corrected chi connectivity index (χ1v) is 17.5. The molecule has 4 aromatic carbocycles. The summed E-state index contributed by atoms with van der Waals surface area (Å²) >= 11 is 0. The monoisotopic (exact) mass is 692 g/mol. The minimum absolute atomic E-state index is 0.0198. The minimum atomic E-state index is -1.16. The Bertz CT molecular complexity index is 1740. The topological polar surface area (TPSA) is 122 Å². The van der Waals surface area contributed by atoms with Gasteiger partial charge in [0.15, 0.2) is 0 Å². The first-order chi connectivity index (χ1) is 24.4. The lowest BCUT2D eigenvalue weighted by Gasteiger charge is -2.21. The van der Waals surface area contributed by atoms with E-state index in [-0.39, 0.29) is 29.9 Å². The smallest absolute Gasteiger partial charge is 0.343 e. The average molecular weight is 693 g/mol. The summed E-state index contributed by atoms with van der Waals surface area (Å²) in [4.78, 5) is 51.6. The van der Waals surface area contributed by atoms with Crippen LogP contribution in [0.5, 0.6) is 11.5 Å². The SMILES string of the molecule is CCCCCCCOc1ccc(C(=O)Oc2ccc(CN(CC(=O)O)C(=O)c3ccc(NC(=O)Cc4ccc(C(C)(C)C)cc4)cc3)cc2)cc1. The van der Waals surface area contributed by atoms with Gasteiger partial charge in [0.1, 0.15) is 18.0 Å². The molecule has 9 heteroatoms. The van der Waals surface area contributed by atoms with Crippen molar-refractivity contribution in [3.63, 3.8) is 0 Å². The quantitative estimate of drug-likeness (QED) is 0.0647. The molecule has 2 amide bonds. The summed E-state index contributed by atoms with van der Waals surface area (Å²) in [6.07, 6.45) is 5.97. The van der Waals surface area contributed by atoms with Crippen LogP contribution in [0.4, 0.5) is 5.69 Å². The number of amides is 2. The number of carboxylic acid groups (broad SMARTS) is 1. The Kier molecular flexibility index (Phi) is 13.9. The van der Waals surface area contributed by atoms with E-state index in [1.807, 2.05) is 24.3 Å². The maximum atomic E-state index is 13.4. The van der Waals surface area contributed by atoms with Crippen molar-refractivity contribution >= 4 is 29.4 Å². The Morgan fingerprint density at radius 2 is 1.29 bits per heavy atom. The number of aliphatic carboxylic acids is 1. The fourth-order valence-electron chi connectivity index (χ4n) is 5.39. The van der Waals surface area contributed by atoms with Gasteiger partial charge in [-0.3, -0.25) is 14.4 Å². The lowest BCUT2D eigenvalue weighted by atomic mass is 9.86. The Morgan fingerprint density at radius 3 is 1.90 bits per heavy atom. The summed E-state index contributed by atoms with van der Waals surface area (Å²) in [5.74, 6) is -1.34. The summed E-state index contributed by atoms with van der Waals surface area (Å²) in [7, 11) is 0. The van der Waals surface area contributed by atoms with Gasteiger partial charge >= 0.3 is 11.9 Å². The van der Waals surface area contributed by atoms with Crippen LogP contribution in [0.3, 0.4) is 0 Å². The minimum Gasteiger partial charge on any atom is -0.494 e. The highest BCUT2D eigenvalue weighted by Gasteiger charge is 2.20. The van der Waals surface area contributed by atoms with Gasteiger partial charge in [0.2, 0.25) is 5.91 Å². The summed E-state index contributed by atoms with van der Waals surface area (Å²) in [6.45, 7) is 8.73. The van der Waals surface area contributed by atoms with Gasteiger partial charge in [-0.2, -0.15) is 0 Å². The van der Waals surface area contributed by atoms with Gasteiger partial charge in [0.25, 0.3) is 5.91 Å². The molecule has 4 aromatic rings. The summed E-state index contributed by atoms with van der Waals surface area (Å²) in [5.41, 5.74) is 3.94. The number of hydrogen-bond donors (Lipinski definition) is 2. The van der Waals surface area contributed by atoms with Crippen LogP contribution in [-0.4, -0.2) is 46.9 Å². The van der Waals surface area contributed by atoms with Crippen LogP contribution in [0.25, 0.3) is 0 Å². The van der Waals surface area contributed by atoms with E-state index in [0.29, 0.717) is 34.9 Å². The third kappa shape index (κ3) is 12.4. The molecule has 0 saturated heterocycles. The maximum absolute atomic E-state index is 13.4. The molecule has 0 radical (unpaired) electrons.